The Hall–Kier alpha value is -2.38. The topological polar surface area (TPSA) is 96.6 Å². The minimum absolute atomic E-state index is 0.0421. The smallest absolute Gasteiger partial charge is 0.413 e. The Morgan fingerprint density at radius 2 is 1.85 bits per heavy atom. The number of nitrogens with zero attached hydrogens (tertiary/aromatic N) is 2. The highest BCUT2D eigenvalue weighted by Crippen LogP contribution is 2.36. The molecule has 3 rings (SSSR count). The van der Waals surface area contributed by atoms with Crippen molar-refractivity contribution in [2.75, 3.05) is 5.32 Å². The van der Waals surface area contributed by atoms with Crippen LogP contribution in [0.3, 0.4) is 0 Å². The number of hydrogen-bond acceptors (Lipinski definition) is 5. The average molecular weight is 373 g/mol. The third kappa shape index (κ3) is 4.67. The lowest BCUT2D eigenvalue weighted by Gasteiger charge is -2.22. The number of rotatable bonds is 4. The van der Waals surface area contributed by atoms with Crippen molar-refractivity contribution in [3.05, 3.63) is 47.7 Å². The third-order valence-corrected chi connectivity index (χ3v) is 4.72. The molecule has 1 saturated carbocycles. The predicted molar refractivity (Wildman–Crippen MR) is 101 cm³/mol. The van der Waals surface area contributed by atoms with E-state index in [0.29, 0.717) is 18.7 Å². The maximum absolute atomic E-state index is 12.2. The number of carbonyl (C=O) groups is 1. The van der Waals surface area contributed by atoms with Crippen molar-refractivity contribution in [3.63, 3.8) is 0 Å². The Bertz CT molecular complexity index is 772. The molecule has 1 amide bonds. The number of benzene rings is 1. The molecule has 1 fully saturated rings. The van der Waals surface area contributed by atoms with Crippen LogP contribution in [0.2, 0.25) is 0 Å². The molecule has 1 aromatic carbocycles. The summed E-state index contributed by atoms with van der Waals surface area (Å²) >= 11 is 0. The van der Waals surface area contributed by atoms with E-state index in [-0.39, 0.29) is 18.1 Å². The second-order valence-electron chi connectivity index (χ2n) is 8.03. The normalized spacial score (nSPS) is 22.6. The molecule has 7 nitrogen and oxygen atoms in total. The van der Waals surface area contributed by atoms with E-state index in [1.807, 2.05) is 51.1 Å². The van der Waals surface area contributed by atoms with Crippen LogP contribution in [0.5, 0.6) is 0 Å². The van der Waals surface area contributed by atoms with Gasteiger partial charge in [0.1, 0.15) is 12.4 Å². The van der Waals surface area contributed by atoms with E-state index in [1.165, 1.54) is 0 Å². The summed E-state index contributed by atoms with van der Waals surface area (Å²) in [5.41, 5.74) is 1.31. The second-order valence-corrected chi connectivity index (χ2v) is 8.03. The van der Waals surface area contributed by atoms with E-state index < -0.39 is 18.3 Å². The lowest BCUT2D eigenvalue weighted by molar-refractivity contribution is 0.0438. The van der Waals surface area contributed by atoms with Gasteiger partial charge in [-0.1, -0.05) is 30.3 Å². The molecule has 146 valence electrons. The molecule has 1 heterocycles. The van der Waals surface area contributed by atoms with Gasteiger partial charge >= 0.3 is 6.09 Å². The van der Waals surface area contributed by atoms with Gasteiger partial charge in [-0.2, -0.15) is 5.10 Å². The number of ether oxygens (including phenoxy) is 1. The molecule has 0 bridgehead atoms. The van der Waals surface area contributed by atoms with E-state index in [1.54, 1.807) is 10.7 Å². The molecule has 27 heavy (non-hydrogen) atoms. The highest BCUT2D eigenvalue weighted by molar-refractivity contribution is 5.83. The summed E-state index contributed by atoms with van der Waals surface area (Å²) in [6, 6.07) is 11.3. The second kappa shape index (κ2) is 7.70. The Morgan fingerprint density at radius 3 is 2.44 bits per heavy atom. The summed E-state index contributed by atoms with van der Waals surface area (Å²) in [6.45, 7) is 6.15. The number of amides is 1. The van der Waals surface area contributed by atoms with Gasteiger partial charge < -0.3 is 14.9 Å². The van der Waals surface area contributed by atoms with Gasteiger partial charge in [0.2, 0.25) is 0 Å². The van der Waals surface area contributed by atoms with E-state index in [0.717, 1.165) is 11.3 Å². The Kier molecular flexibility index (Phi) is 5.53. The summed E-state index contributed by atoms with van der Waals surface area (Å²) in [6.07, 6.45) is -1.10. The predicted octanol–water partition coefficient (Wildman–Crippen LogP) is 2.99. The van der Waals surface area contributed by atoms with Crippen LogP contribution in [0.15, 0.2) is 36.4 Å². The number of hydrogen-bond donors (Lipinski definition) is 3. The summed E-state index contributed by atoms with van der Waals surface area (Å²) in [5, 5.41) is 27.0. The zero-order chi connectivity index (χ0) is 19.6. The van der Waals surface area contributed by atoms with Crippen molar-refractivity contribution in [1.29, 1.82) is 0 Å². The molecule has 0 spiro atoms. The van der Waals surface area contributed by atoms with Gasteiger partial charge in [0.25, 0.3) is 0 Å². The minimum atomic E-state index is -0.734. The van der Waals surface area contributed by atoms with Gasteiger partial charge in [-0.15, -0.1) is 0 Å². The molecule has 2 aromatic rings. The monoisotopic (exact) mass is 373 g/mol. The summed E-state index contributed by atoms with van der Waals surface area (Å²) in [5.74, 6) is 0.492. The zero-order valence-electron chi connectivity index (χ0n) is 15.9. The van der Waals surface area contributed by atoms with E-state index in [4.69, 9.17) is 4.74 Å². The average Bonchev–Trinajstić information content (AvgIpc) is 3.18. The summed E-state index contributed by atoms with van der Waals surface area (Å²) in [4.78, 5) is 12.2. The molecule has 3 N–H and O–H groups in total. The highest BCUT2D eigenvalue weighted by Gasteiger charge is 2.35. The fourth-order valence-electron chi connectivity index (χ4n) is 3.30. The third-order valence-electron chi connectivity index (χ3n) is 4.72. The molecule has 0 saturated heterocycles. The van der Waals surface area contributed by atoms with Crippen molar-refractivity contribution in [1.82, 2.24) is 9.78 Å². The lowest BCUT2D eigenvalue weighted by Crippen LogP contribution is -2.27. The minimum Gasteiger partial charge on any atom is -0.444 e. The standard InChI is InChI=1S/C20H27N3O4/c1-20(2,3)23-18(11-15(22-23)14-9-16(24)17(25)10-14)21-19(26)27-12-13-7-5-4-6-8-13/h4-8,11,14,16-17,24-25H,9-10,12H2,1-3H3,(H,21,26). The van der Waals surface area contributed by atoms with Crippen LogP contribution in [-0.4, -0.2) is 38.3 Å². The van der Waals surface area contributed by atoms with Crippen LogP contribution >= 0.6 is 0 Å². The first kappa shape index (κ1) is 19.4. The van der Waals surface area contributed by atoms with Crippen LogP contribution in [0.4, 0.5) is 10.6 Å². The molecular weight excluding hydrogens is 346 g/mol. The Labute approximate surface area is 159 Å². The summed E-state index contributed by atoms with van der Waals surface area (Å²) < 4.78 is 7.04. The molecule has 1 aromatic heterocycles. The van der Waals surface area contributed by atoms with Crippen LogP contribution in [0.1, 0.15) is 50.8 Å². The highest BCUT2D eigenvalue weighted by atomic mass is 16.5. The molecule has 2 unspecified atom stereocenters. The van der Waals surface area contributed by atoms with Crippen LogP contribution < -0.4 is 5.32 Å². The van der Waals surface area contributed by atoms with Crippen molar-refractivity contribution < 1.29 is 19.7 Å². The van der Waals surface area contributed by atoms with Crippen molar-refractivity contribution in [2.45, 2.75) is 63.9 Å². The Morgan fingerprint density at radius 1 is 1.22 bits per heavy atom. The number of aromatic nitrogens is 2. The first-order valence-corrected chi connectivity index (χ1v) is 9.18. The summed E-state index contributed by atoms with van der Waals surface area (Å²) in [7, 11) is 0. The molecular formula is C20H27N3O4. The van der Waals surface area contributed by atoms with Gasteiger partial charge in [-0.05, 0) is 39.2 Å². The largest absolute Gasteiger partial charge is 0.444 e. The number of carbonyl (C=O) groups excluding carboxylic acids is 1. The first-order chi connectivity index (χ1) is 12.7. The van der Waals surface area contributed by atoms with E-state index in [9.17, 15) is 15.0 Å². The van der Waals surface area contributed by atoms with Gasteiger partial charge in [0.15, 0.2) is 0 Å². The fraction of sp³-hybridized carbons (Fsp3) is 0.500. The number of nitrogens with one attached hydrogen (secondary N) is 1. The van der Waals surface area contributed by atoms with Crippen molar-refractivity contribution in [2.24, 2.45) is 0 Å². The number of aliphatic hydroxyl groups excluding tert-OH is 2. The molecule has 0 aliphatic heterocycles. The Balaban J connectivity index is 1.72. The van der Waals surface area contributed by atoms with Crippen LogP contribution in [0.25, 0.3) is 0 Å². The maximum atomic E-state index is 12.2. The van der Waals surface area contributed by atoms with Gasteiger partial charge in [-0.3, -0.25) is 5.32 Å². The van der Waals surface area contributed by atoms with Crippen molar-refractivity contribution in [3.8, 4) is 0 Å². The quantitative estimate of drug-likeness (QED) is 0.766. The van der Waals surface area contributed by atoms with Crippen LogP contribution in [0, 0.1) is 0 Å². The van der Waals surface area contributed by atoms with Crippen molar-refractivity contribution >= 4 is 11.9 Å². The zero-order valence-corrected chi connectivity index (χ0v) is 15.9. The maximum Gasteiger partial charge on any atom is 0.413 e. The molecule has 1 aliphatic rings. The van der Waals surface area contributed by atoms with E-state index >= 15 is 0 Å². The van der Waals surface area contributed by atoms with Gasteiger partial charge in [0, 0.05) is 12.0 Å². The SMILES string of the molecule is CC(C)(C)n1nc(C2CC(O)C(O)C2)cc1NC(=O)OCc1ccccc1. The number of aliphatic hydroxyl groups is 2. The molecule has 2 atom stereocenters. The van der Waals surface area contributed by atoms with Gasteiger partial charge in [0.05, 0.1) is 23.4 Å². The fourth-order valence-corrected chi connectivity index (χ4v) is 3.30. The first-order valence-electron chi connectivity index (χ1n) is 9.18. The molecule has 1 aliphatic carbocycles. The van der Waals surface area contributed by atoms with Gasteiger partial charge in [-0.25, -0.2) is 9.48 Å². The number of anilines is 1. The van der Waals surface area contributed by atoms with Crippen LogP contribution in [-0.2, 0) is 16.9 Å². The molecule has 0 radical (unpaired) electrons. The molecule has 7 heteroatoms. The van der Waals surface area contributed by atoms with E-state index in [2.05, 4.69) is 10.4 Å². The lowest BCUT2D eigenvalue weighted by atomic mass is 10.0.